The molecule has 0 spiro atoms. The zero-order valence-corrected chi connectivity index (χ0v) is 12.7. The van der Waals surface area contributed by atoms with Crippen LogP contribution in [0.1, 0.15) is 24.2 Å². The van der Waals surface area contributed by atoms with Crippen molar-refractivity contribution in [3.63, 3.8) is 0 Å². The van der Waals surface area contributed by atoms with E-state index in [-0.39, 0.29) is 10.6 Å². The van der Waals surface area contributed by atoms with E-state index >= 15 is 0 Å². The lowest BCUT2D eigenvalue weighted by Gasteiger charge is -2.19. The second-order valence-electron chi connectivity index (χ2n) is 4.17. The van der Waals surface area contributed by atoms with Gasteiger partial charge in [0.1, 0.15) is 6.61 Å². The third-order valence-electron chi connectivity index (χ3n) is 3.02. The smallest absolute Gasteiger partial charge is 0.335 e. The van der Waals surface area contributed by atoms with Crippen molar-refractivity contribution >= 4 is 17.6 Å². The maximum Gasteiger partial charge on any atom is 0.335 e. The van der Waals surface area contributed by atoms with Gasteiger partial charge in [-0.15, -0.1) is 0 Å². The first-order chi connectivity index (χ1) is 9.53. The minimum atomic E-state index is -1.06. The van der Waals surface area contributed by atoms with Gasteiger partial charge in [-0.3, -0.25) is 0 Å². The molecule has 0 atom stereocenters. The molecule has 1 aromatic rings. The molecule has 0 aliphatic heterocycles. The Kier molecular flexibility index (Phi) is 6.61. The summed E-state index contributed by atoms with van der Waals surface area (Å²) in [5.74, 6) is -0.347. The predicted molar refractivity (Wildman–Crippen MR) is 78.2 cm³/mol. The lowest BCUT2D eigenvalue weighted by Crippen LogP contribution is -2.28. The fraction of sp³-hybridized carbons (Fsp3) is 0.500. The van der Waals surface area contributed by atoms with E-state index in [0.717, 1.165) is 19.6 Å². The predicted octanol–water partition coefficient (Wildman–Crippen LogP) is 2.77. The average Bonchev–Trinajstić information content (AvgIpc) is 2.44. The van der Waals surface area contributed by atoms with Gasteiger partial charge in [-0.2, -0.15) is 0 Å². The number of hydrogen-bond acceptors (Lipinski definition) is 4. The lowest BCUT2D eigenvalue weighted by molar-refractivity contribution is 0.0696. The molecule has 1 N–H and O–H groups in total. The topological polar surface area (TPSA) is 59.0 Å². The minimum Gasteiger partial charge on any atom is -0.493 e. The quantitative estimate of drug-likeness (QED) is 0.800. The van der Waals surface area contributed by atoms with Gasteiger partial charge in [0, 0.05) is 6.54 Å². The van der Waals surface area contributed by atoms with Crippen LogP contribution in [-0.4, -0.2) is 49.3 Å². The van der Waals surface area contributed by atoms with Gasteiger partial charge in [0.15, 0.2) is 11.5 Å². The van der Waals surface area contributed by atoms with Crippen molar-refractivity contribution in [2.24, 2.45) is 0 Å². The molecule has 0 amide bonds. The van der Waals surface area contributed by atoms with E-state index in [1.807, 2.05) is 0 Å². The van der Waals surface area contributed by atoms with Crippen LogP contribution in [0, 0.1) is 0 Å². The molecule has 0 bridgehead atoms. The third-order valence-corrected chi connectivity index (χ3v) is 3.31. The highest BCUT2D eigenvalue weighted by atomic mass is 35.5. The molecule has 6 heteroatoms. The number of methoxy groups -OCH3 is 1. The first-order valence-corrected chi connectivity index (χ1v) is 6.87. The number of benzene rings is 1. The molecular formula is C14H20ClNO4. The summed E-state index contributed by atoms with van der Waals surface area (Å²) in [5.41, 5.74) is 0.0722. The second-order valence-corrected chi connectivity index (χ2v) is 4.58. The molecule has 5 nitrogen and oxygen atoms in total. The Bertz CT molecular complexity index is 461. The molecule has 0 unspecified atom stereocenters. The number of rotatable bonds is 8. The van der Waals surface area contributed by atoms with Crippen molar-refractivity contribution in [2.45, 2.75) is 13.8 Å². The average molecular weight is 302 g/mol. The van der Waals surface area contributed by atoms with Gasteiger partial charge in [0.2, 0.25) is 0 Å². The van der Waals surface area contributed by atoms with E-state index < -0.39 is 5.97 Å². The molecular weight excluding hydrogens is 282 g/mol. The number of nitrogens with zero attached hydrogens (tertiary/aromatic N) is 1. The highest BCUT2D eigenvalue weighted by Gasteiger charge is 2.15. The number of hydrogen-bond donors (Lipinski definition) is 1. The van der Waals surface area contributed by atoms with E-state index in [1.165, 1.54) is 19.2 Å². The lowest BCUT2D eigenvalue weighted by atomic mass is 10.2. The van der Waals surface area contributed by atoms with Crippen molar-refractivity contribution in [3.8, 4) is 11.5 Å². The number of carboxylic acid groups (broad SMARTS) is 1. The fourth-order valence-electron chi connectivity index (χ4n) is 1.80. The summed E-state index contributed by atoms with van der Waals surface area (Å²) < 4.78 is 10.8. The molecule has 0 fully saturated rings. The molecule has 0 saturated carbocycles. The Labute approximate surface area is 124 Å². The maximum atomic E-state index is 11.0. The summed E-state index contributed by atoms with van der Waals surface area (Å²) in [6, 6.07) is 2.76. The van der Waals surface area contributed by atoms with E-state index in [1.54, 1.807) is 0 Å². The molecule has 1 aromatic carbocycles. The zero-order chi connectivity index (χ0) is 15.1. The Balaban J connectivity index is 2.81. The normalized spacial score (nSPS) is 10.7. The Morgan fingerprint density at radius 2 is 2.00 bits per heavy atom. The monoisotopic (exact) mass is 301 g/mol. The Morgan fingerprint density at radius 1 is 1.35 bits per heavy atom. The number of carboxylic acids is 1. The van der Waals surface area contributed by atoms with Crippen molar-refractivity contribution in [1.82, 2.24) is 4.90 Å². The maximum absolute atomic E-state index is 11.0. The summed E-state index contributed by atoms with van der Waals surface area (Å²) in [6.45, 7) is 7.29. The summed E-state index contributed by atoms with van der Waals surface area (Å²) in [4.78, 5) is 13.2. The number of aromatic carboxylic acids is 1. The van der Waals surface area contributed by atoms with E-state index in [2.05, 4.69) is 18.7 Å². The van der Waals surface area contributed by atoms with Gasteiger partial charge in [-0.1, -0.05) is 25.4 Å². The molecule has 0 saturated heterocycles. The summed E-state index contributed by atoms with van der Waals surface area (Å²) in [5, 5.41) is 9.21. The summed E-state index contributed by atoms with van der Waals surface area (Å²) >= 11 is 6.06. The van der Waals surface area contributed by atoms with Gasteiger partial charge >= 0.3 is 5.97 Å². The van der Waals surface area contributed by atoms with Gasteiger partial charge < -0.3 is 19.5 Å². The van der Waals surface area contributed by atoms with Crippen molar-refractivity contribution < 1.29 is 19.4 Å². The van der Waals surface area contributed by atoms with Crippen LogP contribution in [0.4, 0.5) is 0 Å². The number of ether oxygens (including phenoxy) is 2. The summed E-state index contributed by atoms with van der Waals surface area (Å²) in [6.07, 6.45) is 0. The van der Waals surface area contributed by atoms with Gasteiger partial charge in [-0.25, -0.2) is 4.79 Å². The highest BCUT2D eigenvalue weighted by molar-refractivity contribution is 6.32. The molecule has 1 rings (SSSR count). The molecule has 20 heavy (non-hydrogen) atoms. The van der Waals surface area contributed by atoms with E-state index in [9.17, 15) is 4.79 Å². The van der Waals surface area contributed by atoms with Crippen molar-refractivity contribution in [2.75, 3.05) is 33.4 Å². The first kappa shape index (κ1) is 16.6. The first-order valence-electron chi connectivity index (χ1n) is 6.49. The highest BCUT2D eigenvalue weighted by Crippen LogP contribution is 2.36. The summed E-state index contributed by atoms with van der Waals surface area (Å²) in [7, 11) is 1.45. The standard InChI is InChI=1S/C14H20ClNO4/c1-4-16(5-2)6-7-20-13-11(15)8-10(14(17)18)9-12(13)19-3/h8-9H,4-7H2,1-3H3,(H,17,18). The molecule has 0 radical (unpaired) electrons. The minimum absolute atomic E-state index is 0.0722. The SMILES string of the molecule is CCN(CC)CCOc1c(Cl)cc(C(=O)O)cc1OC. The van der Waals surface area contributed by atoms with Crippen LogP contribution in [0.3, 0.4) is 0 Å². The van der Waals surface area contributed by atoms with Gasteiger partial charge in [-0.05, 0) is 25.2 Å². The Hall–Kier alpha value is -1.46. The van der Waals surface area contributed by atoms with Crippen LogP contribution in [0.25, 0.3) is 0 Å². The fourth-order valence-corrected chi connectivity index (χ4v) is 2.07. The number of halogens is 1. The molecule has 0 aromatic heterocycles. The van der Waals surface area contributed by atoms with Crippen molar-refractivity contribution in [1.29, 1.82) is 0 Å². The van der Waals surface area contributed by atoms with Gasteiger partial charge in [0.05, 0.1) is 17.7 Å². The van der Waals surface area contributed by atoms with Crippen LogP contribution in [0.5, 0.6) is 11.5 Å². The largest absolute Gasteiger partial charge is 0.493 e. The van der Waals surface area contributed by atoms with Crippen LogP contribution in [-0.2, 0) is 0 Å². The van der Waals surface area contributed by atoms with Gasteiger partial charge in [0.25, 0.3) is 0 Å². The number of likely N-dealkylation sites (N-methyl/N-ethyl adjacent to an activating group) is 1. The molecule has 0 aliphatic carbocycles. The van der Waals surface area contributed by atoms with E-state index in [4.69, 9.17) is 26.2 Å². The molecule has 0 heterocycles. The molecule has 112 valence electrons. The second kappa shape index (κ2) is 7.97. The van der Waals surface area contributed by atoms with Crippen LogP contribution in [0.2, 0.25) is 5.02 Å². The Morgan fingerprint density at radius 3 is 2.50 bits per heavy atom. The van der Waals surface area contributed by atoms with E-state index in [0.29, 0.717) is 18.1 Å². The molecule has 0 aliphatic rings. The zero-order valence-electron chi connectivity index (χ0n) is 12.0. The van der Waals surface area contributed by atoms with Crippen molar-refractivity contribution in [3.05, 3.63) is 22.7 Å². The van der Waals surface area contributed by atoms with Crippen LogP contribution >= 0.6 is 11.6 Å². The van der Waals surface area contributed by atoms with Crippen LogP contribution < -0.4 is 9.47 Å². The van der Waals surface area contributed by atoms with Crippen LogP contribution in [0.15, 0.2) is 12.1 Å². The third kappa shape index (κ3) is 4.28. The number of carbonyl (C=O) groups is 1.